The number of aromatic hydroxyl groups is 1. The zero-order valence-corrected chi connectivity index (χ0v) is 19.8. The van der Waals surface area contributed by atoms with Crippen molar-refractivity contribution in [1.82, 2.24) is 10.3 Å². The Morgan fingerprint density at radius 2 is 1.94 bits per heavy atom. The molecular weight excluding hydrogens is 472 g/mol. The fraction of sp³-hybridized carbons (Fsp3) is 0.160. The summed E-state index contributed by atoms with van der Waals surface area (Å²) in [5, 5.41) is 22.0. The number of hydrogen-bond donors (Lipinski definition) is 2. The van der Waals surface area contributed by atoms with Crippen LogP contribution < -0.4 is 20.6 Å². The van der Waals surface area contributed by atoms with Gasteiger partial charge in [-0.05, 0) is 42.8 Å². The van der Waals surface area contributed by atoms with Crippen LogP contribution in [0.4, 0.5) is 0 Å². The van der Waals surface area contributed by atoms with Crippen molar-refractivity contribution in [2.24, 2.45) is 10.1 Å². The molecule has 34 heavy (non-hydrogen) atoms. The van der Waals surface area contributed by atoms with Crippen LogP contribution in [0, 0.1) is 0 Å². The van der Waals surface area contributed by atoms with Crippen molar-refractivity contribution >= 4 is 40.1 Å². The summed E-state index contributed by atoms with van der Waals surface area (Å²) in [5.41, 5.74) is 2.23. The molecule has 3 aromatic rings. The number of amidine groups is 1. The number of halogens is 1. The van der Waals surface area contributed by atoms with Crippen molar-refractivity contribution in [2.45, 2.75) is 18.8 Å². The highest BCUT2D eigenvalue weighted by Gasteiger charge is 2.34. The van der Waals surface area contributed by atoms with Gasteiger partial charge in [-0.1, -0.05) is 59.8 Å². The summed E-state index contributed by atoms with van der Waals surface area (Å²) < 4.78 is 5.57. The molecule has 5 rings (SSSR count). The van der Waals surface area contributed by atoms with Crippen molar-refractivity contribution in [3.63, 3.8) is 0 Å². The molecule has 7 nitrogen and oxygen atoms in total. The number of rotatable bonds is 5. The zero-order chi connectivity index (χ0) is 23.7. The van der Waals surface area contributed by atoms with Gasteiger partial charge in [-0.25, -0.2) is 5.01 Å². The van der Waals surface area contributed by atoms with E-state index in [0.717, 1.165) is 11.1 Å². The third-order valence-corrected chi connectivity index (χ3v) is 6.57. The van der Waals surface area contributed by atoms with E-state index in [4.69, 9.17) is 26.4 Å². The van der Waals surface area contributed by atoms with Crippen LogP contribution in [0.15, 0.2) is 76.8 Å². The van der Waals surface area contributed by atoms with E-state index in [-0.39, 0.29) is 11.7 Å². The number of benzene rings is 3. The summed E-state index contributed by atoms with van der Waals surface area (Å²) in [4.78, 5) is 18.1. The second-order valence-electron chi connectivity index (χ2n) is 7.65. The van der Waals surface area contributed by atoms with E-state index in [1.54, 1.807) is 23.2 Å². The number of carbonyl (C=O) groups is 1. The van der Waals surface area contributed by atoms with Crippen LogP contribution in [0.2, 0.25) is 5.02 Å². The minimum Gasteiger partial charge on any atom is -0.504 e. The molecule has 1 atom stereocenters. The van der Waals surface area contributed by atoms with Gasteiger partial charge >= 0.3 is 0 Å². The molecule has 172 valence electrons. The normalized spacial score (nSPS) is 16.7. The maximum absolute atomic E-state index is 13.3. The number of nitrogens with zero attached hydrogens (tertiary/aromatic N) is 3. The number of hydrogen-bond acceptors (Lipinski definition) is 7. The Morgan fingerprint density at radius 1 is 1.15 bits per heavy atom. The van der Waals surface area contributed by atoms with Gasteiger partial charge in [0.05, 0.1) is 12.0 Å². The molecule has 1 unspecified atom stereocenters. The third kappa shape index (κ3) is 4.34. The minimum absolute atomic E-state index is 0.0464. The van der Waals surface area contributed by atoms with E-state index in [1.807, 2.05) is 55.5 Å². The molecule has 0 saturated carbocycles. The Balaban J connectivity index is 1.55. The van der Waals surface area contributed by atoms with Crippen LogP contribution in [0.3, 0.4) is 0 Å². The Labute approximate surface area is 205 Å². The number of nitrogens with one attached hydrogen (secondary N) is 1. The molecule has 0 aromatic heterocycles. The fourth-order valence-corrected chi connectivity index (χ4v) is 4.74. The molecule has 3 aromatic carbocycles. The van der Waals surface area contributed by atoms with E-state index in [0.29, 0.717) is 44.6 Å². The number of thioether (sulfide) groups is 1. The van der Waals surface area contributed by atoms with Crippen LogP contribution in [-0.2, 0) is 10.5 Å². The van der Waals surface area contributed by atoms with Gasteiger partial charge < -0.3 is 9.84 Å². The first kappa shape index (κ1) is 22.3. The monoisotopic (exact) mass is 492 g/mol. The van der Waals surface area contributed by atoms with Crippen LogP contribution >= 0.6 is 23.4 Å². The number of ether oxygens (including phenoxy) is 1. The first-order chi connectivity index (χ1) is 16.5. The highest BCUT2D eigenvalue weighted by molar-refractivity contribution is 8.13. The summed E-state index contributed by atoms with van der Waals surface area (Å²) in [6, 6.07) is 20.1. The quantitative estimate of drug-likeness (QED) is 0.569. The maximum atomic E-state index is 13.3. The van der Waals surface area contributed by atoms with Gasteiger partial charge in [-0.3, -0.25) is 15.1 Å². The lowest BCUT2D eigenvalue weighted by molar-refractivity contribution is -0.116. The van der Waals surface area contributed by atoms with Gasteiger partial charge in [0.25, 0.3) is 5.91 Å². The molecule has 0 bridgehead atoms. The fourth-order valence-electron chi connectivity index (χ4n) is 3.80. The van der Waals surface area contributed by atoms with Gasteiger partial charge in [0.15, 0.2) is 22.8 Å². The Hall–Kier alpha value is -3.49. The number of hydrazone groups is 1. The largest absolute Gasteiger partial charge is 0.504 e. The lowest BCUT2D eigenvalue weighted by Crippen LogP contribution is -2.50. The highest BCUT2D eigenvalue weighted by atomic mass is 35.5. The van der Waals surface area contributed by atoms with Crippen LogP contribution in [-0.4, -0.2) is 27.8 Å². The van der Waals surface area contributed by atoms with Crippen LogP contribution in [0.5, 0.6) is 11.5 Å². The van der Waals surface area contributed by atoms with E-state index in [1.165, 1.54) is 11.8 Å². The predicted molar refractivity (Wildman–Crippen MR) is 133 cm³/mol. The molecule has 0 saturated heterocycles. The summed E-state index contributed by atoms with van der Waals surface area (Å²) in [6.07, 6.45) is -0.595. The van der Waals surface area contributed by atoms with Crippen molar-refractivity contribution in [3.05, 3.63) is 93.5 Å². The third-order valence-electron chi connectivity index (χ3n) is 5.39. The van der Waals surface area contributed by atoms with E-state index < -0.39 is 6.17 Å². The number of carbonyl (C=O) groups excluding carboxylic acids is 1. The smallest absolute Gasteiger partial charge is 0.276 e. The molecule has 9 heteroatoms. The molecular formula is C25H21ClN4O3S. The highest BCUT2D eigenvalue weighted by Crippen LogP contribution is 2.35. The first-order valence-electron chi connectivity index (χ1n) is 10.7. The number of phenols is 1. The molecule has 2 aliphatic rings. The average Bonchev–Trinajstić information content (AvgIpc) is 2.84. The number of fused-ring (bicyclic) bond motifs is 2. The number of phenolic OH excluding ortho intramolecular Hbond substituents is 1. The number of amides is 1. The van der Waals surface area contributed by atoms with Gasteiger partial charge in [-0.2, -0.15) is 0 Å². The first-order valence-corrected chi connectivity index (χ1v) is 12.1. The molecule has 0 aliphatic carbocycles. The van der Waals surface area contributed by atoms with Crippen LogP contribution in [0.25, 0.3) is 5.70 Å². The molecule has 0 spiro atoms. The molecule has 2 N–H and O–H groups in total. The van der Waals surface area contributed by atoms with E-state index in [9.17, 15) is 9.90 Å². The van der Waals surface area contributed by atoms with Crippen molar-refractivity contribution in [2.75, 3.05) is 6.61 Å². The zero-order valence-electron chi connectivity index (χ0n) is 18.2. The molecule has 1 amide bonds. The number of para-hydroxylation sites is 1. The second kappa shape index (κ2) is 9.40. The van der Waals surface area contributed by atoms with Gasteiger partial charge in [0.1, 0.15) is 5.70 Å². The predicted octanol–water partition coefficient (Wildman–Crippen LogP) is 3.52. The van der Waals surface area contributed by atoms with E-state index in [2.05, 4.69) is 5.32 Å². The maximum Gasteiger partial charge on any atom is 0.276 e. The molecule has 0 fully saturated rings. The van der Waals surface area contributed by atoms with Gasteiger partial charge in [-0.15, -0.1) is 5.10 Å². The average molecular weight is 493 g/mol. The summed E-state index contributed by atoms with van der Waals surface area (Å²) in [5.74, 6) is 0.777. The summed E-state index contributed by atoms with van der Waals surface area (Å²) in [6.45, 7) is 2.26. The molecule has 2 aliphatic heterocycles. The van der Waals surface area contributed by atoms with Crippen molar-refractivity contribution in [1.29, 1.82) is 0 Å². The van der Waals surface area contributed by atoms with Gasteiger partial charge in [0, 0.05) is 21.6 Å². The molecule has 2 heterocycles. The summed E-state index contributed by atoms with van der Waals surface area (Å²) in [7, 11) is 0. The lowest BCUT2D eigenvalue weighted by atomic mass is 10.1. The SMILES string of the molecule is CCOc1cc(C2N=c3ccccc3=C3C(=O)NC(SCc4ccc(Cl)cc4)=NN32)ccc1O. The van der Waals surface area contributed by atoms with Crippen molar-refractivity contribution < 1.29 is 14.6 Å². The van der Waals surface area contributed by atoms with E-state index >= 15 is 0 Å². The Kier molecular flexibility index (Phi) is 6.17. The second-order valence-corrected chi connectivity index (χ2v) is 9.05. The Bertz CT molecular complexity index is 1410. The standard InChI is InChI=1S/C25H21ClN4O3S/c1-2-33-21-13-16(9-12-20(21)31)23-27-19-6-4-3-5-18(19)22-24(32)28-25(29-30(22)23)34-14-15-7-10-17(26)11-8-15/h3-13,23,31H,2,14H2,1H3,(H,28,29,32). The van der Waals surface area contributed by atoms with Crippen molar-refractivity contribution in [3.8, 4) is 11.5 Å². The lowest BCUT2D eigenvalue weighted by Gasteiger charge is -2.34. The Morgan fingerprint density at radius 3 is 2.74 bits per heavy atom. The summed E-state index contributed by atoms with van der Waals surface area (Å²) >= 11 is 7.40. The van der Waals surface area contributed by atoms with Gasteiger partial charge in [0.2, 0.25) is 0 Å². The molecule has 0 radical (unpaired) electrons. The minimum atomic E-state index is -0.595. The van der Waals surface area contributed by atoms with Crippen LogP contribution in [0.1, 0.15) is 24.2 Å². The topological polar surface area (TPSA) is 86.5 Å².